The number of likely N-dealkylation sites (tertiary alicyclic amines) is 1. The van der Waals surface area contributed by atoms with E-state index in [1.807, 2.05) is 23.1 Å². The molecule has 1 atom stereocenters. The largest absolute Gasteiger partial charge is 0.426 e. The molecule has 1 amide bonds. The highest BCUT2D eigenvalue weighted by atomic mass is 35.5. The van der Waals surface area contributed by atoms with Crippen LogP contribution in [0.25, 0.3) is 0 Å². The molecule has 0 saturated carbocycles. The predicted molar refractivity (Wildman–Crippen MR) is 129 cm³/mol. The molecule has 2 heterocycles. The lowest BCUT2D eigenvalue weighted by atomic mass is 9.90. The zero-order chi connectivity index (χ0) is 22.0. The highest BCUT2D eigenvalue weighted by Gasteiger charge is 2.34. The summed E-state index contributed by atoms with van der Waals surface area (Å²) in [5.41, 5.74) is 2.94. The molecule has 0 radical (unpaired) electrons. The molecule has 1 fully saturated rings. The fraction of sp³-hybridized carbons (Fsp3) is 0.417. The van der Waals surface area contributed by atoms with Gasteiger partial charge in [0.2, 0.25) is 5.91 Å². The van der Waals surface area contributed by atoms with Gasteiger partial charge in [0.1, 0.15) is 5.75 Å². The molecule has 0 spiro atoms. The van der Waals surface area contributed by atoms with E-state index in [1.54, 1.807) is 12.1 Å². The summed E-state index contributed by atoms with van der Waals surface area (Å²) in [5, 5.41) is 0.935. The first-order valence-corrected chi connectivity index (χ1v) is 11.4. The van der Waals surface area contributed by atoms with Crippen molar-refractivity contribution in [2.24, 2.45) is 0 Å². The number of rotatable bonds is 5. The Labute approximate surface area is 205 Å². The van der Waals surface area contributed by atoms with Gasteiger partial charge in [0.25, 0.3) is 0 Å². The molecule has 172 valence electrons. The van der Waals surface area contributed by atoms with Crippen molar-refractivity contribution in [3.8, 4) is 5.75 Å². The minimum Gasteiger partial charge on any atom is -0.426 e. The smallest absolute Gasteiger partial charge is 0.308 e. The highest BCUT2D eigenvalue weighted by molar-refractivity contribution is 6.42. The number of hydrogen-bond acceptors (Lipinski definition) is 4. The molecule has 32 heavy (non-hydrogen) atoms. The zero-order valence-electron chi connectivity index (χ0n) is 18.0. The van der Waals surface area contributed by atoms with Gasteiger partial charge in [-0.2, -0.15) is 0 Å². The summed E-state index contributed by atoms with van der Waals surface area (Å²) in [6.45, 7) is 4.87. The SMILES string of the molecule is CC(=O)Oc1cccc2c1CCN(C(=O)Cc1ccc(Cl)c(Cl)c1)C2CN1CCCC1.Cl. The molecule has 2 aromatic rings. The second-order valence-electron chi connectivity index (χ2n) is 8.20. The van der Waals surface area contributed by atoms with Crippen LogP contribution in [0, 0.1) is 0 Å². The summed E-state index contributed by atoms with van der Waals surface area (Å²) in [7, 11) is 0. The minimum absolute atomic E-state index is 0. The Morgan fingerprint density at radius 2 is 1.81 bits per heavy atom. The van der Waals surface area contributed by atoms with Crippen molar-refractivity contribution in [3.63, 3.8) is 0 Å². The van der Waals surface area contributed by atoms with Gasteiger partial charge in [0.15, 0.2) is 0 Å². The van der Waals surface area contributed by atoms with Gasteiger partial charge in [-0.05, 0) is 61.7 Å². The molecule has 1 unspecified atom stereocenters. The number of amides is 1. The maximum atomic E-state index is 13.4. The maximum Gasteiger partial charge on any atom is 0.308 e. The lowest BCUT2D eigenvalue weighted by Gasteiger charge is -2.40. The molecule has 2 aromatic carbocycles. The first-order chi connectivity index (χ1) is 14.9. The van der Waals surface area contributed by atoms with Crippen LogP contribution in [0.4, 0.5) is 0 Å². The van der Waals surface area contributed by atoms with Gasteiger partial charge in [-0.1, -0.05) is 41.4 Å². The molecule has 0 N–H and O–H groups in total. The fourth-order valence-electron chi connectivity index (χ4n) is 4.60. The summed E-state index contributed by atoms with van der Waals surface area (Å²) in [6, 6.07) is 11.0. The summed E-state index contributed by atoms with van der Waals surface area (Å²) in [6.07, 6.45) is 3.29. The van der Waals surface area contributed by atoms with Crippen LogP contribution in [0.1, 0.15) is 42.5 Å². The molecular formula is C24H27Cl3N2O3. The molecule has 8 heteroatoms. The van der Waals surface area contributed by atoms with Crippen molar-refractivity contribution < 1.29 is 14.3 Å². The monoisotopic (exact) mass is 496 g/mol. The van der Waals surface area contributed by atoms with Crippen LogP contribution in [0.15, 0.2) is 36.4 Å². The summed E-state index contributed by atoms with van der Waals surface area (Å²) in [4.78, 5) is 29.3. The number of carbonyl (C=O) groups excluding carboxylic acids is 2. The van der Waals surface area contributed by atoms with E-state index < -0.39 is 0 Å². The molecule has 5 nitrogen and oxygen atoms in total. The number of benzene rings is 2. The third-order valence-corrected chi connectivity index (χ3v) is 6.79. The van der Waals surface area contributed by atoms with Crippen molar-refractivity contribution >= 4 is 47.5 Å². The average Bonchev–Trinajstić information content (AvgIpc) is 3.24. The van der Waals surface area contributed by atoms with Crippen LogP contribution in [0.5, 0.6) is 5.75 Å². The Kier molecular flexibility index (Phi) is 8.45. The first-order valence-electron chi connectivity index (χ1n) is 10.7. The number of hydrogen-bond donors (Lipinski definition) is 0. The van der Waals surface area contributed by atoms with Crippen molar-refractivity contribution in [3.05, 3.63) is 63.1 Å². The Hall–Kier alpha value is -1.79. The predicted octanol–water partition coefficient (Wildman–Crippen LogP) is 5.10. The number of fused-ring (bicyclic) bond motifs is 1. The number of halogens is 3. The third kappa shape index (κ3) is 5.57. The third-order valence-electron chi connectivity index (χ3n) is 6.05. The lowest BCUT2D eigenvalue weighted by molar-refractivity contribution is -0.134. The molecule has 0 aliphatic carbocycles. The molecular weight excluding hydrogens is 471 g/mol. The second-order valence-corrected chi connectivity index (χ2v) is 9.02. The van der Waals surface area contributed by atoms with E-state index in [9.17, 15) is 9.59 Å². The Morgan fingerprint density at radius 3 is 2.50 bits per heavy atom. The van der Waals surface area contributed by atoms with Crippen molar-refractivity contribution in [1.29, 1.82) is 0 Å². The quantitative estimate of drug-likeness (QED) is 0.426. The van der Waals surface area contributed by atoms with Gasteiger partial charge in [0.05, 0.1) is 22.5 Å². The summed E-state index contributed by atoms with van der Waals surface area (Å²) < 4.78 is 5.46. The van der Waals surface area contributed by atoms with Gasteiger partial charge >= 0.3 is 5.97 Å². The second kappa shape index (κ2) is 10.9. The van der Waals surface area contributed by atoms with Crippen LogP contribution in [-0.4, -0.2) is 47.9 Å². The van der Waals surface area contributed by atoms with E-state index in [1.165, 1.54) is 19.8 Å². The standard InChI is InChI=1S/C24H26Cl2N2O3.ClH/c1-16(29)31-23-6-4-5-18-19(23)9-12-28(22(18)15-27-10-2-3-11-27)24(30)14-17-7-8-20(25)21(26)13-17;/h4-8,13,22H,2-3,9-12,14-15H2,1H3;1H. The molecule has 4 rings (SSSR count). The van der Waals surface area contributed by atoms with Gasteiger partial charge < -0.3 is 14.5 Å². The van der Waals surface area contributed by atoms with E-state index in [2.05, 4.69) is 11.0 Å². The van der Waals surface area contributed by atoms with E-state index in [4.69, 9.17) is 27.9 Å². The van der Waals surface area contributed by atoms with Gasteiger partial charge in [-0.3, -0.25) is 9.59 Å². The average molecular weight is 498 g/mol. The van der Waals surface area contributed by atoms with Crippen LogP contribution < -0.4 is 4.74 Å². The Bertz CT molecular complexity index is 992. The van der Waals surface area contributed by atoms with Gasteiger partial charge in [-0.15, -0.1) is 12.4 Å². The Morgan fingerprint density at radius 1 is 1.06 bits per heavy atom. The van der Waals surface area contributed by atoms with E-state index in [0.29, 0.717) is 28.8 Å². The van der Waals surface area contributed by atoms with Crippen molar-refractivity contribution in [1.82, 2.24) is 9.80 Å². The molecule has 2 aliphatic heterocycles. The summed E-state index contributed by atoms with van der Waals surface area (Å²) >= 11 is 12.2. The normalized spacial score (nSPS) is 18.1. The summed E-state index contributed by atoms with van der Waals surface area (Å²) in [5.74, 6) is 0.335. The molecule has 0 bridgehead atoms. The number of esters is 1. The Balaban J connectivity index is 0.00000289. The highest BCUT2D eigenvalue weighted by Crippen LogP contribution is 2.37. The van der Waals surface area contributed by atoms with Gasteiger partial charge in [-0.25, -0.2) is 0 Å². The number of ether oxygens (including phenoxy) is 1. The molecule has 2 aliphatic rings. The van der Waals surface area contributed by atoms with E-state index in [-0.39, 0.29) is 36.7 Å². The van der Waals surface area contributed by atoms with Crippen molar-refractivity contribution in [2.45, 2.75) is 38.6 Å². The molecule has 1 saturated heterocycles. The van der Waals surface area contributed by atoms with Gasteiger partial charge in [0, 0.05) is 25.6 Å². The topological polar surface area (TPSA) is 49.9 Å². The van der Waals surface area contributed by atoms with Crippen LogP contribution in [0.2, 0.25) is 10.0 Å². The van der Waals surface area contributed by atoms with Crippen LogP contribution in [-0.2, 0) is 22.4 Å². The number of carbonyl (C=O) groups is 2. The first kappa shape index (κ1) is 24.8. The van der Waals surface area contributed by atoms with E-state index >= 15 is 0 Å². The number of nitrogens with zero attached hydrogens (tertiary/aromatic N) is 2. The molecule has 0 aromatic heterocycles. The van der Waals surface area contributed by atoms with Crippen molar-refractivity contribution in [2.75, 3.05) is 26.2 Å². The zero-order valence-corrected chi connectivity index (χ0v) is 20.3. The minimum atomic E-state index is -0.331. The van der Waals surface area contributed by atoms with Crippen LogP contribution >= 0.6 is 35.6 Å². The maximum absolute atomic E-state index is 13.4. The fourth-order valence-corrected chi connectivity index (χ4v) is 4.92. The van der Waals surface area contributed by atoms with Crippen LogP contribution in [0.3, 0.4) is 0 Å². The van der Waals surface area contributed by atoms with E-state index in [0.717, 1.165) is 36.3 Å². The lowest BCUT2D eigenvalue weighted by Crippen LogP contribution is -2.45.